The summed E-state index contributed by atoms with van der Waals surface area (Å²) >= 11 is 6.30. The van der Waals surface area contributed by atoms with Crippen LogP contribution in [0.3, 0.4) is 0 Å². The predicted molar refractivity (Wildman–Crippen MR) is 160 cm³/mol. The number of hydrogen-bond donors (Lipinski definition) is 2. The SMILES string of the molecule is COc1cccc(CN2C(=O)C3C(C(=O)Nc4ccc(C)c(Cl)c4)C4C=CC3(O4)C2C(=O)NC2CCCC(C)C2C)c1. The third-order valence-corrected chi connectivity index (χ3v) is 10.3. The molecule has 2 bridgehead atoms. The molecule has 0 radical (unpaired) electrons. The van der Waals surface area contributed by atoms with E-state index >= 15 is 0 Å². The molecule has 8 nitrogen and oxygen atoms in total. The van der Waals surface area contributed by atoms with Crippen LogP contribution in [0.4, 0.5) is 5.69 Å². The lowest BCUT2D eigenvalue weighted by Crippen LogP contribution is -2.57. The van der Waals surface area contributed by atoms with Gasteiger partial charge in [0.1, 0.15) is 17.4 Å². The van der Waals surface area contributed by atoms with Gasteiger partial charge in [-0.25, -0.2) is 0 Å². The van der Waals surface area contributed by atoms with Crippen molar-refractivity contribution in [3.05, 3.63) is 70.8 Å². The minimum Gasteiger partial charge on any atom is -0.497 e. The van der Waals surface area contributed by atoms with Gasteiger partial charge in [0.25, 0.3) is 0 Å². The van der Waals surface area contributed by atoms with Crippen molar-refractivity contribution in [2.24, 2.45) is 23.7 Å². The monoisotopic (exact) mass is 591 g/mol. The number of ether oxygens (including phenoxy) is 2. The molecule has 4 aliphatic rings. The van der Waals surface area contributed by atoms with E-state index in [9.17, 15) is 14.4 Å². The van der Waals surface area contributed by atoms with Gasteiger partial charge < -0.3 is 25.0 Å². The number of carbonyl (C=O) groups excluding carboxylic acids is 3. The zero-order valence-corrected chi connectivity index (χ0v) is 25.2. The maximum atomic E-state index is 14.3. The number of nitrogens with one attached hydrogen (secondary N) is 2. The highest BCUT2D eigenvalue weighted by Gasteiger charge is 2.72. The Bertz CT molecular complexity index is 1440. The number of hydrogen-bond acceptors (Lipinski definition) is 5. The molecule has 3 aliphatic heterocycles. The molecule has 2 aromatic rings. The van der Waals surface area contributed by atoms with Gasteiger partial charge in [0.2, 0.25) is 17.7 Å². The predicted octanol–water partition coefficient (Wildman–Crippen LogP) is 4.89. The zero-order chi connectivity index (χ0) is 29.8. The van der Waals surface area contributed by atoms with Crippen LogP contribution in [0.5, 0.6) is 5.75 Å². The third-order valence-electron chi connectivity index (χ3n) is 9.89. The van der Waals surface area contributed by atoms with Crippen molar-refractivity contribution in [2.45, 2.75) is 70.4 Å². The first-order valence-electron chi connectivity index (χ1n) is 14.8. The average molecular weight is 592 g/mol. The molecule has 3 fully saturated rings. The van der Waals surface area contributed by atoms with Gasteiger partial charge >= 0.3 is 0 Å². The molecule has 8 unspecified atom stereocenters. The Balaban J connectivity index is 1.33. The topological polar surface area (TPSA) is 97.0 Å². The number of aryl methyl sites for hydroxylation is 1. The number of likely N-dealkylation sites (tertiary alicyclic amines) is 1. The van der Waals surface area contributed by atoms with Gasteiger partial charge in [-0.15, -0.1) is 0 Å². The summed E-state index contributed by atoms with van der Waals surface area (Å²) in [5, 5.41) is 6.78. The Morgan fingerprint density at radius 1 is 1.14 bits per heavy atom. The molecular weight excluding hydrogens is 554 g/mol. The van der Waals surface area contributed by atoms with E-state index in [1.54, 1.807) is 24.1 Å². The Hall–Kier alpha value is -3.36. The van der Waals surface area contributed by atoms with Gasteiger partial charge in [-0.05, 0) is 60.6 Å². The van der Waals surface area contributed by atoms with Gasteiger partial charge in [0, 0.05) is 23.3 Å². The molecule has 9 heteroatoms. The van der Waals surface area contributed by atoms with Gasteiger partial charge in [-0.2, -0.15) is 0 Å². The highest BCUT2D eigenvalue weighted by molar-refractivity contribution is 6.31. The van der Waals surface area contributed by atoms with E-state index < -0.39 is 29.6 Å². The molecule has 2 N–H and O–H groups in total. The molecule has 6 rings (SSSR count). The summed E-state index contributed by atoms with van der Waals surface area (Å²) < 4.78 is 11.9. The second kappa shape index (κ2) is 11.0. The van der Waals surface area contributed by atoms with Gasteiger partial charge in [-0.1, -0.05) is 68.6 Å². The molecule has 2 aromatic carbocycles. The number of methoxy groups -OCH3 is 1. The van der Waals surface area contributed by atoms with Crippen molar-refractivity contribution in [1.82, 2.24) is 10.2 Å². The van der Waals surface area contributed by atoms with Crippen LogP contribution >= 0.6 is 11.6 Å². The van der Waals surface area contributed by atoms with Crippen LogP contribution in [0.15, 0.2) is 54.6 Å². The Morgan fingerprint density at radius 3 is 2.71 bits per heavy atom. The van der Waals surface area contributed by atoms with Crippen LogP contribution in [0.2, 0.25) is 5.02 Å². The summed E-state index contributed by atoms with van der Waals surface area (Å²) in [6.07, 6.45) is 6.15. The summed E-state index contributed by atoms with van der Waals surface area (Å²) in [5.41, 5.74) is 1.03. The van der Waals surface area contributed by atoms with Crippen LogP contribution in [0.1, 0.15) is 44.2 Å². The van der Waals surface area contributed by atoms with Crippen molar-refractivity contribution in [3.63, 3.8) is 0 Å². The number of anilines is 1. The first-order chi connectivity index (χ1) is 20.1. The Morgan fingerprint density at radius 2 is 1.95 bits per heavy atom. The maximum absolute atomic E-state index is 14.3. The van der Waals surface area contributed by atoms with E-state index in [2.05, 4.69) is 24.5 Å². The molecule has 3 heterocycles. The van der Waals surface area contributed by atoms with Crippen LogP contribution in [-0.4, -0.2) is 53.5 Å². The number of fused-ring (bicyclic) bond motifs is 1. The number of halogens is 1. The number of carbonyl (C=O) groups is 3. The minimum atomic E-state index is -1.23. The number of nitrogens with zero attached hydrogens (tertiary/aromatic N) is 1. The summed E-state index contributed by atoms with van der Waals surface area (Å²) in [5.74, 6) is -0.991. The maximum Gasteiger partial charge on any atom is 0.246 e. The highest BCUT2D eigenvalue weighted by atomic mass is 35.5. The van der Waals surface area contributed by atoms with Gasteiger partial charge in [0.05, 0.1) is 25.0 Å². The molecule has 8 atom stereocenters. The van der Waals surface area contributed by atoms with E-state index in [1.807, 2.05) is 49.4 Å². The fourth-order valence-electron chi connectivity index (χ4n) is 7.35. The van der Waals surface area contributed by atoms with Crippen LogP contribution in [-0.2, 0) is 25.7 Å². The third kappa shape index (κ3) is 4.78. The zero-order valence-electron chi connectivity index (χ0n) is 24.4. The summed E-state index contributed by atoms with van der Waals surface area (Å²) in [4.78, 5) is 43.9. The molecule has 222 valence electrons. The highest BCUT2D eigenvalue weighted by Crippen LogP contribution is 2.55. The molecular formula is C33H38ClN3O5. The van der Waals surface area contributed by atoms with Crippen molar-refractivity contribution in [3.8, 4) is 5.75 Å². The van der Waals surface area contributed by atoms with Crippen LogP contribution < -0.4 is 15.4 Å². The first-order valence-corrected chi connectivity index (χ1v) is 15.2. The van der Waals surface area contributed by atoms with E-state index in [0.717, 1.165) is 30.4 Å². The number of benzene rings is 2. The lowest BCUT2D eigenvalue weighted by atomic mass is 9.73. The van der Waals surface area contributed by atoms with Crippen LogP contribution in [0.25, 0.3) is 0 Å². The molecule has 1 aliphatic carbocycles. The number of amides is 3. The van der Waals surface area contributed by atoms with E-state index in [-0.39, 0.29) is 30.3 Å². The van der Waals surface area contributed by atoms with E-state index in [1.165, 1.54) is 0 Å². The molecule has 1 spiro atoms. The second-order valence-electron chi connectivity index (χ2n) is 12.4. The second-order valence-corrected chi connectivity index (χ2v) is 12.8. The van der Waals surface area contributed by atoms with Crippen molar-refractivity contribution >= 4 is 35.0 Å². The smallest absolute Gasteiger partial charge is 0.246 e. The fourth-order valence-corrected chi connectivity index (χ4v) is 7.53. The quantitative estimate of drug-likeness (QED) is 0.447. The number of rotatable bonds is 7. The molecule has 1 saturated carbocycles. The molecule has 2 saturated heterocycles. The summed E-state index contributed by atoms with van der Waals surface area (Å²) in [6, 6.07) is 11.9. The summed E-state index contributed by atoms with van der Waals surface area (Å²) in [6.45, 7) is 6.48. The van der Waals surface area contributed by atoms with Crippen molar-refractivity contribution < 1.29 is 23.9 Å². The first kappa shape index (κ1) is 28.7. The standard InChI is InChI=1S/C33H38ClN3O5/c1-18-7-5-10-25(20(18)3)36-31(39)29-33-14-13-26(42-33)27(30(38)35-22-12-11-19(2)24(34)16-22)28(33)32(40)37(29)17-21-8-6-9-23(15-21)41-4/h6,8-9,11-16,18,20,25-29H,5,7,10,17H2,1-4H3,(H,35,38)(H,36,39). The Kier molecular flexibility index (Phi) is 7.56. The van der Waals surface area contributed by atoms with Gasteiger partial charge in [-0.3, -0.25) is 14.4 Å². The normalized spacial score (nSPS) is 33.0. The molecule has 0 aromatic heterocycles. The van der Waals surface area contributed by atoms with Crippen molar-refractivity contribution in [2.75, 3.05) is 12.4 Å². The van der Waals surface area contributed by atoms with E-state index in [4.69, 9.17) is 21.1 Å². The largest absolute Gasteiger partial charge is 0.497 e. The van der Waals surface area contributed by atoms with E-state index in [0.29, 0.717) is 28.3 Å². The van der Waals surface area contributed by atoms with Crippen molar-refractivity contribution in [1.29, 1.82) is 0 Å². The molecule has 3 amide bonds. The van der Waals surface area contributed by atoms with Crippen LogP contribution in [0, 0.1) is 30.6 Å². The lowest BCUT2D eigenvalue weighted by molar-refractivity contribution is -0.142. The lowest BCUT2D eigenvalue weighted by Gasteiger charge is -2.38. The average Bonchev–Trinajstić information content (AvgIpc) is 3.61. The molecule has 42 heavy (non-hydrogen) atoms. The fraction of sp³-hybridized carbons (Fsp3) is 0.485. The minimum absolute atomic E-state index is 0.0124. The summed E-state index contributed by atoms with van der Waals surface area (Å²) in [7, 11) is 1.59. The van der Waals surface area contributed by atoms with Gasteiger partial charge in [0.15, 0.2) is 0 Å². The Labute approximate surface area is 251 Å².